The second-order valence-electron chi connectivity index (χ2n) is 6.86. The first kappa shape index (κ1) is 24.1. The van der Waals surface area contributed by atoms with Crippen LogP contribution in [0, 0.1) is 5.92 Å². The van der Waals surface area contributed by atoms with Crippen molar-refractivity contribution < 1.29 is 17.8 Å². The molecular weight excluding hydrogens is 338 g/mol. The van der Waals surface area contributed by atoms with Crippen LogP contribution in [0.5, 0.6) is 0 Å². The first-order chi connectivity index (χ1) is 11.9. The molecule has 0 spiro atoms. The lowest BCUT2D eigenvalue weighted by Crippen LogP contribution is -2.28. The second kappa shape index (κ2) is 15.4. The lowest BCUT2D eigenvalue weighted by molar-refractivity contribution is -0.116. The van der Waals surface area contributed by atoms with Crippen molar-refractivity contribution in [3.8, 4) is 0 Å². The summed E-state index contributed by atoms with van der Waals surface area (Å²) in [5.41, 5.74) is 0. The van der Waals surface area contributed by atoms with Gasteiger partial charge in [-0.25, -0.2) is 0 Å². The molecule has 0 saturated carbocycles. The average molecular weight is 376 g/mol. The molecule has 6 heteroatoms. The summed E-state index contributed by atoms with van der Waals surface area (Å²) < 4.78 is 30.8. The number of amides is 1. The van der Waals surface area contributed by atoms with Gasteiger partial charge in [-0.05, 0) is 24.8 Å². The molecule has 0 bridgehead atoms. The third-order valence-electron chi connectivity index (χ3n) is 4.50. The minimum absolute atomic E-state index is 0.0693. The fourth-order valence-electron chi connectivity index (χ4n) is 2.90. The Kier molecular flexibility index (Phi) is 14.8. The molecule has 0 aromatic carbocycles. The predicted molar refractivity (Wildman–Crippen MR) is 104 cm³/mol. The molecule has 0 radical (unpaired) electrons. The van der Waals surface area contributed by atoms with E-state index >= 15 is 0 Å². The van der Waals surface area contributed by atoms with Crippen molar-refractivity contribution in [2.75, 3.05) is 12.3 Å². The summed E-state index contributed by atoms with van der Waals surface area (Å²) >= 11 is 0. The van der Waals surface area contributed by atoms with Gasteiger partial charge in [0.15, 0.2) is 0 Å². The van der Waals surface area contributed by atoms with Crippen LogP contribution in [-0.2, 0) is 14.9 Å². The Morgan fingerprint density at radius 1 is 1.00 bits per heavy atom. The Morgan fingerprint density at radius 3 is 2.00 bits per heavy atom. The Labute approximate surface area is 154 Å². The summed E-state index contributed by atoms with van der Waals surface area (Å²) in [6.45, 7) is 6.06. The Bertz CT molecular complexity index is 448. The van der Waals surface area contributed by atoms with Crippen LogP contribution in [0.25, 0.3) is 0 Å². The van der Waals surface area contributed by atoms with E-state index < -0.39 is 10.1 Å². The van der Waals surface area contributed by atoms with Crippen LogP contribution >= 0.6 is 0 Å². The highest BCUT2D eigenvalue weighted by molar-refractivity contribution is 7.85. The number of carbonyl (C=O) groups is 1. The number of unbranched alkanes of at least 4 members (excludes halogenated alkanes) is 9. The Balaban J connectivity index is 3.85. The molecule has 0 aromatic rings. The number of nitrogens with one attached hydrogen (secondary N) is 1. The predicted octanol–water partition coefficient (Wildman–Crippen LogP) is 4.49. The SMILES string of the molecule is C=CC(=O)NCC(CCCCCCCCCCCC)CCS(=O)(=O)O. The standard InChI is InChI=1S/C19H37NO4S/c1-3-5-6-7-8-9-10-11-12-13-14-18(15-16-25(22,23)24)17-20-19(21)4-2/h4,18H,2-3,5-17H2,1H3,(H,20,21)(H,22,23,24). The maximum atomic E-state index is 11.3. The van der Waals surface area contributed by atoms with Crippen LogP contribution in [0.4, 0.5) is 0 Å². The molecule has 1 atom stereocenters. The topological polar surface area (TPSA) is 83.5 Å². The summed E-state index contributed by atoms with van der Waals surface area (Å²) in [4.78, 5) is 11.3. The zero-order valence-electron chi connectivity index (χ0n) is 15.8. The molecule has 0 saturated heterocycles. The van der Waals surface area contributed by atoms with Gasteiger partial charge in [-0.15, -0.1) is 0 Å². The van der Waals surface area contributed by atoms with Crippen molar-refractivity contribution in [3.63, 3.8) is 0 Å². The van der Waals surface area contributed by atoms with Crippen molar-refractivity contribution >= 4 is 16.0 Å². The van der Waals surface area contributed by atoms with E-state index in [4.69, 9.17) is 4.55 Å². The van der Waals surface area contributed by atoms with E-state index in [1.54, 1.807) is 0 Å². The largest absolute Gasteiger partial charge is 0.352 e. The van der Waals surface area contributed by atoms with E-state index in [0.29, 0.717) is 13.0 Å². The monoisotopic (exact) mass is 375 g/mol. The van der Waals surface area contributed by atoms with Gasteiger partial charge in [-0.2, -0.15) is 8.42 Å². The summed E-state index contributed by atoms with van der Waals surface area (Å²) in [6, 6.07) is 0. The van der Waals surface area contributed by atoms with Gasteiger partial charge in [0.1, 0.15) is 0 Å². The maximum absolute atomic E-state index is 11.3. The van der Waals surface area contributed by atoms with Gasteiger partial charge in [-0.1, -0.05) is 77.7 Å². The van der Waals surface area contributed by atoms with Crippen molar-refractivity contribution in [1.29, 1.82) is 0 Å². The maximum Gasteiger partial charge on any atom is 0.264 e. The first-order valence-corrected chi connectivity index (χ1v) is 11.4. The lowest BCUT2D eigenvalue weighted by Gasteiger charge is -2.16. The molecule has 1 unspecified atom stereocenters. The van der Waals surface area contributed by atoms with Crippen LogP contribution in [0.2, 0.25) is 0 Å². The number of carbonyl (C=O) groups excluding carboxylic acids is 1. The van der Waals surface area contributed by atoms with Gasteiger partial charge in [-0.3, -0.25) is 9.35 Å². The highest BCUT2D eigenvalue weighted by Crippen LogP contribution is 2.16. The summed E-state index contributed by atoms with van der Waals surface area (Å²) in [6.07, 6.45) is 15.0. The highest BCUT2D eigenvalue weighted by Gasteiger charge is 2.14. The summed E-state index contributed by atoms with van der Waals surface area (Å²) in [7, 11) is -3.95. The fourth-order valence-corrected chi connectivity index (χ4v) is 3.53. The van der Waals surface area contributed by atoms with Gasteiger partial charge < -0.3 is 5.32 Å². The molecule has 2 N–H and O–H groups in total. The Hall–Kier alpha value is -0.880. The van der Waals surface area contributed by atoms with Gasteiger partial charge in [0.05, 0.1) is 5.75 Å². The van der Waals surface area contributed by atoms with Crippen LogP contribution in [0.3, 0.4) is 0 Å². The first-order valence-electron chi connectivity index (χ1n) is 9.74. The molecule has 0 rings (SSSR count). The molecule has 0 aliphatic heterocycles. The number of rotatable bonds is 17. The highest BCUT2D eigenvalue weighted by atomic mass is 32.2. The zero-order chi connectivity index (χ0) is 19.0. The molecule has 0 aliphatic carbocycles. The Morgan fingerprint density at radius 2 is 1.52 bits per heavy atom. The van der Waals surface area contributed by atoms with E-state index in [-0.39, 0.29) is 17.6 Å². The van der Waals surface area contributed by atoms with E-state index in [9.17, 15) is 13.2 Å². The molecular formula is C19H37NO4S. The third kappa shape index (κ3) is 17.7. The molecule has 25 heavy (non-hydrogen) atoms. The van der Waals surface area contributed by atoms with Crippen molar-refractivity contribution in [2.45, 2.75) is 84.0 Å². The van der Waals surface area contributed by atoms with Crippen molar-refractivity contribution in [1.82, 2.24) is 5.32 Å². The fraction of sp³-hybridized carbons (Fsp3) is 0.842. The average Bonchev–Trinajstić information content (AvgIpc) is 2.57. The van der Waals surface area contributed by atoms with Crippen molar-refractivity contribution in [3.05, 3.63) is 12.7 Å². The normalized spacial score (nSPS) is 12.7. The van der Waals surface area contributed by atoms with Crippen molar-refractivity contribution in [2.24, 2.45) is 5.92 Å². The molecule has 0 aliphatic rings. The van der Waals surface area contributed by atoms with Crippen LogP contribution in [0.15, 0.2) is 12.7 Å². The molecule has 0 heterocycles. The molecule has 5 nitrogen and oxygen atoms in total. The molecule has 0 aromatic heterocycles. The summed E-state index contributed by atoms with van der Waals surface area (Å²) in [5.74, 6) is -0.431. The van der Waals surface area contributed by atoms with Gasteiger partial charge >= 0.3 is 0 Å². The van der Waals surface area contributed by atoms with Crippen LogP contribution in [-0.4, -0.2) is 31.2 Å². The van der Waals surface area contributed by atoms with Crippen LogP contribution in [0.1, 0.15) is 84.0 Å². The van der Waals surface area contributed by atoms with E-state index in [1.165, 1.54) is 57.4 Å². The summed E-state index contributed by atoms with van der Waals surface area (Å²) in [5, 5.41) is 2.72. The molecule has 0 fully saturated rings. The number of hydrogen-bond acceptors (Lipinski definition) is 3. The molecule has 1 amide bonds. The van der Waals surface area contributed by atoms with E-state index in [1.807, 2.05) is 0 Å². The molecule has 148 valence electrons. The quantitative estimate of drug-likeness (QED) is 0.223. The smallest absolute Gasteiger partial charge is 0.264 e. The van der Waals surface area contributed by atoms with Gasteiger partial charge in [0.25, 0.3) is 10.1 Å². The minimum Gasteiger partial charge on any atom is -0.352 e. The zero-order valence-corrected chi connectivity index (χ0v) is 16.7. The second-order valence-corrected chi connectivity index (χ2v) is 8.43. The van der Waals surface area contributed by atoms with Gasteiger partial charge in [0.2, 0.25) is 5.91 Å². The lowest BCUT2D eigenvalue weighted by atomic mass is 9.97. The minimum atomic E-state index is -3.95. The van der Waals surface area contributed by atoms with E-state index in [2.05, 4.69) is 18.8 Å². The van der Waals surface area contributed by atoms with E-state index in [0.717, 1.165) is 19.3 Å². The third-order valence-corrected chi connectivity index (χ3v) is 5.25. The van der Waals surface area contributed by atoms with Gasteiger partial charge in [0, 0.05) is 6.54 Å². The van der Waals surface area contributed by atoms with Crippen LogP contribution < -0.4 is 5.32 Å². The number of hydrogen-bond donors (Lipinski definition) is 2.